The van der Waals surface area contributed by atoms with Crippen LogP contribution in [0.3, 0.4) is 0 Å². The second-order valence-corrected chi connectivity index (χ2v) is 12.9. The van der Waals surface area contributed by atoms with Gasteiger partial charge in [0, 0.05) is 37.0 Å². The zero-order valence-corrected chi connectivity index (χ0v) is 26.1. The molecule has 10 heteroatoms. The number of sulfonamides is 1. The molecule has 0 radical (unpaired) electrons. The molecule has 0 unspecified atom stereocenters. The molecular formula is C32H39ClFN3O4S. The third kappa shape index (κ3) is 9.56. The average molecular weight is 616 g/mol. The van der Waals surface area contributed by atoms with Crippen LogP contribution in [0.25, 0.3) is 0 Å². The van der Waals surface area contributed by atoms with Crippen molar-refractivity contribution in [1.29, 1.82) is 0 Å². The second-order valence-electron chi connectivity index (χ2n) is 10.5. The van der Waals surface area contributed by atoms with E-state index >= 15 is 0 Å². The van der Waals surface area contributed by atoms with Gasteiger partial charge in [0.2, 0.25) is 21.8 Å². The normalized spacial score (nSPS) is 12.8. The van der Waals surface area contributed by atoms with Gasteiger partial charge in [-0.15, -0.1) is 0 Å². The van der Waals surface area contributed by atoms with Crippen molar-refractivity contribution in [2.24, 2.45) is 0 Å². The lowest BCUT2D eigenvalue weighted by Crippen LogP contribution is -2.52. The maximum Gasteiger partial charge on any atom is 0.243 e. The Kier molecular flexibility index (Phi) is 11.9. The van der Waals surface area contributed by atoms with E-state index in [1.54, 1.807) is 37.3 Å². The highest BCUT2D eigenvalue weighted by atomic mass is 35.5. The number of amides is 2. The number of carbonyl (C=O) groups excluding carboxylic acids is 2. The summed E-state index contributed by atoms with van der Waals surface area (Å²) in [6.07, 6.45) is 2.33. The van der Waals surface area contributed by atoms with E-state index in [9.17, 15) is 22.4 Å². The Morgan fingerprint density at radius 3 is 2.29 bits per heavy atom. The van der Waals surface area contributed by atoms with Crippen molar-refractivity contribution in [3.05, 3.63) is 100 Å². The molecule has 0 aliphatic rings. The summed E-state index contributed by atoms with van der Waals surface area (Å²) in [5.74, 6) is -0.990. The number of carbonyl (C=O) groups is 2. The molecule has 0 aliphatic heterocycles. The molecule has 3 aromatic carbocycles. The number of benzene rings is 3. The van der Waals surface area contributed by atoms with Crippen LogP contribution < -0.4 is 9.62 Å². The number of halogens is 2. The Morgan fingerprint density at radius 2 is 1.67 bits per heavy atom. The Morgan fingerprint density at radius 1 is 1.00 bits per heavy atom. The highest BCUT2D eigenvalue weighted by molar-refractivity contribution is 7.92. The van der Waals surface area contributed by atoms with Crippen molar-refractivity contribution >= 4 is 39.1 Å². The van der Waals surface area contributed by atoms with Gasteiger partial charge in [0.25, 0.3) is 0 Å². The zero-order valence-electron chi connectivity index (χ0n) is 24.5. The molecule has 0 spiro atoms. The number of hydrogen-bond donors (Lipinski definition) is 1. The molecule has 0 fully saturated rings. The van der Waals surface area contributed by atoms with Gasteiger partial charge in [-0.2, -0.15) is 0 Å². The van der Waals surface area contributed by atoms with E-state index in [1.165, 1.54) is 21.3 Å². The Balaban J connectivity index is 1.90. The number of rotatable bonds is 14. The van der Waals surface area contributed by atoms with Crippen molar-refractivity contribution in [3.8, 4) is 0 Å². The summed E-state index contributed by atoms with van der Waals surface area (Å²) in [4.78, 5) is 29.0. The number of aryl methyl sites for hydroxylation is 1. The largest absolute Gasteiger partial charge is 0.352 e. The lowest BCUT2D eigenvalue weighted by atomic mass is 10.0. The predicted molar refractivity (Wildman–Crippen MR) is 166 cm³/mol. The van der Waals surface area contributed by atoms with Crippen molar-refractivity contribution < 1.29 is 22.4 Å². The zero-order chi connectivity index (χ0) is 30.9. The minimum absolute atomic E-state index is 0.00523. The van der Waals surface area contributed by atoms with E-state index in [0.717, 1.165) is 23.8 Å². The summed E-state index contributed by atoms with van der Waals surface area (Å²) in [6, 6.07) is 19.4. The summed E-state index contributed by atoms with van der Waals surface area (Å²) in [5, 5.41) is 3.42. The molecule has 226 valence electrons. The smallest absolute Gasteiger partial charge is 0.243 e. The van der Waals surface area contributed by atoms with Gasteiger partial charge in [-0.3, -0.25) is 13.9 Å². The third-order valence-corrected chi connectivity index (χ3v) is 8.55. The Bertz CT molecular complexity index is 1450. The maximum absolute atomic E-state index is 13.9. The van der Waals surface area contributed by atoms with Gasteiger partial charge in [0.05, 0.1) is 11.9 Å². The summed E-state index contributed by atoms with van der Waals surface area (Å²) >= 11 is 6.16. The first-order valence-electron chi connectivity index (χ1n) is 14.0. The van der Waals surface area contributed by atoms with Crippen molar-refractivity contribution in [2.45, 2.75) is 65.1 Å². The molecule has 1 N–H and O–H groups in total. The first-order valence-corrected chi connectivity index (χ1v) is 16.2. The van der Waals surface area contributed by atoms with E-state index in [-0.39, 0.29) is 50.2 Å². The number of anilines is 1. The number of nitrogens with zero attached hydrogens (tertiary/aromatic N) is 2. The molecule has 3 aromatic rings. The van der Waals surface area contributed by atoms with Crippen molar-refractivity contribution in [3.63, 3.8) is 0 Å². The van der Waals surface area contributed by atoms with Gasteiger partial charge in [0.1, 0.15) is 11.9 Å². The molecule has 2 amide bonds. The van der Waals surface area contributed by atoms with Gasteiger partial charge in [-0.25, -0.2) is 12.8 Å². The van der Waals surface area contributed by atoms with Gasteiger partial charge in [0.15, 0.2) is 0 Å². The highest BCUT2D eigenvalue weighted by Crippen LogP contribution is 2.27. The molecule has 0 saturated carbocycles. The van der Waals surface area contributed by atoms with E-state index < -0.39 is 21.9 Å². The molecule has 3 rings (SSSR count). The predicted octanol–water partition coefficient (Wildman–Crippen LogP) is 5.89. The van der Waals surface area contributed by atoms with E-state index in [0.29, 0.717) is 16.3 Å². The Labute approximate surface area is 253 Å². The first kappa shape index (κ1) is 33.1. The van der Waals surface area contributed by atoms with Gasteiger partial charge in [-0.1, -0.05) is 67.1 Å². The van der Waals surface area contributed by atoms with Crippen molar-refractivity contribution in [2.75, 3.05) is 17.1 Å². The van der Waals surface area contributed by atoms with Crippen LogP contribution in [-0.2, 0) is 32.6 Å². The van der Waals surface area contributed by atoms with Gasteiger partial charge in [-0.05, 0) is 67.6 Å². The average Bonchev–Trinajstić information content (AvgIpc) is 2.95. The van der Waals surface area contributed by atoms with E-state index in [4.69, 9.17) is 11.6 Å². The molecule has 0 saturated heterocycles. The fraction of sp³-hybridized carbons (Fsp3) is 0.375. The molecule has 0 aliphatic carbocycles. The topological polar surface area (TPSA) is 86.8 Å². The van der Waals surface area contributed by atoms with Gasteiger partial charge < -0.3 is 10.2 Å². The lowest BCUT2D eigenvalue weighted by Gasteiger charge is -2.33. The van der Waals surface area contributed by atoms with Crippen molar-refractivity contribution in [1.82, 2.24) is 10.2 Å². The molecular weight excluding hydrogens is 577 g/mol. The summed E-state index contributed by atoms with van der Waals surface area (Å²) in [7, 11) is -3.66. The highest BCUT2D eigenvalue weighted by Gasteiger charge is 2.31. The molecule has 42 heavy (non-hydrogen) atoms. The minimum Gasteiger partial charge on any atom is -0.352 e. The summed E-state index contributed by atoms with van der Waals surface area (Å²) in [6.45, 7) is 5.81. The first-order chi connectivity index (χ1) is 19.9. The summed E-state index contributed by atoms with van der Waals surface area (Å²) in [5.41, 5.74) is 2.75. The second kappa shape index (κ2) is 15.2. The van der Waals surface area contributed by atoms with Crippen LogP contribution in [0.15, 0.2) is 72.8 Å². The van der Waals surface area contributed by atoms with Crippen LogP contribution in [0, 0.1) is 12.7 Å². The lowest BCUT2D eigenvalue weighted by molar-refractivity contribution is -0.141. The van der Waals surface area contributed by atoms with Crippen LogP contribution in [0.2, 0.25) is 5.02 Å². The fourth-order valence-corrected chi connectivity index (χ4v) is 5.80. The molecule has 0 heterocycles. The third-order valence-electron chi connectivity index (χ3n) is 7.13. The molecule has 7 nitrogen and oxygen atoms in total. The van der Waals surface area contributed by atoms with E-state index in [2.05, 4.69) is 5.32 Å². The van der Waals surface area contributed by atoms with Crippen LogP contribution in [-0.4, -0.2) is 50.0 Å². The SMILES string of the molecule is CC[C@H](C)NC(=O)[C@H](Cc1ccccc1)N(Cc1ccc(F)cc1)C(=O)CCCN(c1cc(Cl)ccc1C)S(C)(=O)=O. The number of nitrogens with one attached hydrogen (secondary N) is 1. The number of hydrogen-bond acceptors (Lipinski definition) is 4. The minimum atomic E-state index is -3.66. The molecule has 0 bridgehead atoms. The standard InChI is InChI=1S/C32H39ClFN3O4S/c1-5-24(3)35-32(39)30(20-25-10-7-6-8-11-25)36(22-26-14-17-28(34)18-15-26)31(38)12-9-19-37(42(4,40)41)29-21-27(33)16-13-23(29)2/h6-8,10-11,13-18,21,24,30H,5,9,12,19-20,22H2,1-4H3,(H,35,39)/t24-,30-/m0/s1. The van der Waals surface area contributed by atoms with E-state index in [1.807, 2.05) is 44.2 Å². The fourth-order valence-electron chi connectivity index (χ4n) is 4.62. The summed E-state index contributed by atoms with van der Waals surface area (Å²) < 4.78 is 40.3. The molecule has 0 aromatic heterocycles. The Hall–Kier alpha value is -3.43. The maximum atomic E-state index is 13.9. The molecule has 2 atom stereocenters. The quantitative estimate of drug-likeness (QED) is 0.245. The van der Waals surface area contributed by atoms with Crippen LogP contribution >= 0.6 is 11.6 Å². The van der Waals surface area contributed by atoms with Gasteiger partial charge >= 0.3 is 0 Å². The van der Waals surface area contributed by atoms with Crippen LogP contribution in [0.5, 0.6) is 0 Å². The van der Waals surface area contributed by atoms with Crippen LogP contribution in [0.1, 0.15) is 49.8 Å². The van der Waals surface area contributed by atoms with Crippen LogP contribution in [0.4, 0.5) is 10.1 Å². The monoisotopic (exact) mass is 615 g/mol.